The highest BCUT2D eigenvalue weighted by Crippen LogP contribution is 2.12. The van der Waals surface area contributed by atoms with E-state index < -0.39 is 30.1 Å². The Morgan fingerprint density at radius 2 is 1.68 bits per heavy atom. The first-order valence-corrected chi connectivity index (χ1v) is 9.63. The zero-order valence-corrected chi connectivity index (χ0v) is 17.4. The molecule has 0 aliphatic rings. The number of hydrogen-bond acceptors (Lipinski definition) is 5. The molecule has 7 heteroatoms. The predicted octanol–water partition coefficient (Wildman–Crippen LogP) is 3.03. The summed E-state index contributed by atoms with van der Waals surface area (Å²) in [5.41, 5.74) is 0.852. The minimum Gasteiger partial charge on any atom is -0.467 e. The monoisotopic (exact) mass is 392 g/mol. The molecule has 2 N–H and O–H groups in total. The molecule has 0 bridgehead atoms. The minimum atomic E-state index is -0.812. The Bertz CT molecular complexity index is 633. The Balaban J connectivity index is 2.75. The number of ether oxygens (including phenoxy) is 2. The van der Waals surface area contributed by atoms with Gasteiger partial charge in [0.2, 0.25) is 5.91 Å². The van der Waals surface area contributed by atoms with Crippen LogP contribution in [0, 0.1) is 11.8 Å². The largest absolute Gasteiger partial charge is 0.467 e. The number of rotatable bonds is 10. The van der Waals surface area contributed by atoms with Gasteiger partial charge in [-0.05, 0) is 23.8 Å². The van der Waals surface area contributed by atoms with Gasteiger partial charge in [-0.3, -0.25) is 4.79 Å². The minimum absolute atomic E-state index is 0.111. The highest BCUT2D eigenvalue weighted by Gasteiger charge is 2.31. The molecule has 156 valence electrons. The van der Waals surface area contributed by atoms with Crippen LogP contribution in [-0.2, 0) is 25.7 Å². The van der Waals surface area contributed by atoms with Gasteiger partial charge in [0, 0.05) is 0 Å². The van der Waals surface area contributed by atoms with Crippen LogP contribution < -0.4 is 10.6 Å². The highest BCUT2D eigenvalue weighted by molar-refractivity contribution is 5.89. The van der Waals surface area contributed by atoms with Crippen molar-refractivity contribution in [2.45, 2.75) is 59.2 Å². The van der Waals surface area contributed by atoms with E-state index in [0.717, 1.165) is 5.56 Å². The molecular weight excluding hydrogens is 360 g/mol. The molecule has 28 heavy (non-hydrogen) atoms. The Morgan fingerprint density at radius 1 is 1.04 bits per heavy atom. The number of carbonyl (C=O) groups is 3. The Hall–Kier alpha value is -2.57. The molecule has 0 saturated heterocycles. The quantitative estimate of drug-likeness (QED) is 0.597. The van der Waals surface area contributed by atoms with Crippen LogP contribution in [0.15, 0.2) is 30.3 Å². The van der Waals surface area contributed by atoms with Crippen molar-refractivity contribution >= 4 is 18.0 Å². The van der Waals surface area contributed by atoms with Crippen molar-refractivity contribution in [3.05, 3.63) is 35.9 Å². The average molecular weight is 392 g/mol. The highest BCUT2D eigenvalue weighted by atomic mass is 16.5. The van der Waals surface area contributed by atoms with Crippen LogP contribution in [0.2, 0.25) is 0 Å². The SMILES string of the molecule is CC[C@H](C)[C@H](NC(=O)OCc1ccccc1)C(=O)N[C@@H](CC(C)C)C(=O)OC. The third kappa shape index (κ3) is 7.98. The smallest absolute Gasteiger partial charge is 0.408 e. The first-order valence-electron chi connectivity index (χ1n) is 9.63. The molecule has 2 amide bonds. The number of nitrogens with one attached hydrogen (secondary N) is 2. The Labute approximate surface area is 167 Å². The summed E-state index contributed by atoms with van der Waals surface area (Å²) >= 11 is 0. The van der Waals surface area contributed by atoms with Gasteiger partial charge in [-0.15, -0.1) is 0 Å². The summed E-state index contributed by atoms with van der Waals surface area (Å²) in [4.78, 5) is 37.0. The van der Waals surface area contributed by atoms with Crippen LogP contribution in [0.3, 0.4) is 0 Å². The maximum atomic E-state index is 12.8. The summed E-state index contributed by atoms with van der Waals surface area (Å²) in [6.45, 7) is 7.80. The molecule has 0 saturated carbocycles. The lowest BCUT2D eigenvalue weighted by molar-refractivity contribution is -0.146. The first-order chi connectivity index (χ1) is 13.3. The van der Waals surface area contributed by atoms with Gasteiger partial charge in [0.15, 0.2) is 0 Å². The van der Waals surface area contributed by atoms with E-state index in [9.17, 15) is 14.4 Å². The van der Waals surface area contributed by atoms with E-state index in [0.29, 0.717) is 12.8 Å². The molecule has 0 aliphatic heterocycles. The molecule has 0 unspecified atom stereocenters. The van der Waals surface area contributed by atoms with Crippen molar-refractivity contribution in [1.29, 1.82) is 0 Å². The lowest BCUT2D eigenvalue weighted by Crippen LogP contribution is -2.54. The lowest BCUT2D eigenvalue weighted by atomic mass is 9.97. The van der Waals surface area contributed by atoms with E-state index in [1.165, 1.54) is 7.11 Å². The zero-order valence-electron chi connectivity index (χ0n) is 17.4. The second kappa shape index (κ2) is 12.0. The van der Waals surface area contributed by atoms with Gasteiger partial charge in [0.1, 0.15) is 18.7 Å². The fraction of sp³-hybridized carbons (Fsp3) is 0.571. The number of methoxy groups -OCH3 is 1. The summed E-state index contributed by atoms with van der Waals surface area (Å²) in [7, 11) is 1.28. The van der Waals surface area contributed by atoms with Gasteiger partial charge in [0.05, 0.1) is 7.11 Å². The number of alkyl carbamates (subject to hydrolysis) is 1. The topological polar surface area (TPSA) is 93.7 Å². The predicted molar refractivity (Wildman–Crippen MR) is 106 cm³/mol. The molecule has 3 atom stereocenters. The van der Waals surface area contributed by atoms with E-state index >= 15 is 0 Å². The molecule has 7 nitrogen and oxygen atoms in total. The molecule has 0 fully saturated rings. The van der Waals surface area contributed by atoms with Crippen molar-refractivity contribution in [2.24, 2.45) is 11.8 Å². The van der Waals surface area contributed by atoms with E-state index in [-0.39, 0.29) is 18.4 Å². The Morgan fingerprint density at radius 3 is 2.21 bits per heavy atom. The standard InChI is InChI=1S/C21H32N2O5/c1-6-15(4)18(19(24)22-17(12-14(2)3)20(25)27-5)23-21(26)28-13-16-10-8-7-9-11-16/h7-11,14-15,17-18H,6,12-13H2,1-5H3,(H,22,24)(H,23,26)/t15-,17-,18-/m0/s1. The van der Waals surface area contributed by atoms with Crippen LogP contribution in [-0.4, -0.2) is 37.2 Å². The van der Waals surface area contributed by atoms with Crippen LogP contribution in [0.1, 0.15) is 46.1 Å². The molecule has 1 aromatic carbocycles. The number of amides is 2. The molecule has 0 heterocycles. The van der Waals surface area contributed by atoms with Gasteiger partial charge in [-0.25, -0.2) is 9.59 Å². The van der Waals surface area contributed by atoms with Crippen molar-refractivity contribution in [3.63, 3.8) is 0 Å². The summed E-state index contributed by atoms with van der Waals surface area (Å²) in [6, 6.07) is 7.71. The molecule has 0 spiro atoms. The molecule has 0 aromatic heterocycles. The number of hydrogen-bond donors (Lipinski definition) is 2. The number of carbonyl (C=O) groups excluding carboxylic acids is 3. The second-order valence-electron chi connectivity index (χ2n) is 7.28. The van der Waals surface area contributed by atoms with Crippen molar-refractivity contribution in [2.75, 3.05) is 7.11 Å². The number of benzene rings is 1. The zero-order chi connectivity index (χ0) is 21.1. The normalized spacial score (nSPS) is 13.9. The van der Waals surface area contributed by atoms with Crippen molar-refractivity contribution in [3.8, 4) is 0 Å². The van der Waals surface area contributed by atoms with Crippen LogP contribution in [0.25, 0.3) is 0 Å². The molecular formula is C21H32N2O5. The average Bonchev–Trinajstić information content (AvgIpc) is 2.69. The van der Waals surface area contributed by atoms with Gasteiger partial charge in [-0.1, -0.05) is 64.4 Å². The van der Waals surface area contributed by atoms with Crippen LogP contribution >= 0.6 is 0 Å². The van der Waals surface area contributed by atoms with Gasteiger partial charge >= 0.3 is 12.1 Å². The molecule has 1 aromatic rings. The van der Waals surface area contributed by atoms with Crippen LogP contribution in [0.5, 0.6) is 0 Å². The summed E-state index contributed by atoms with van der Waals surface area (Å²) in [6.07, 6.45) is 0.441. The maximum absolute atomic E-state index is 12.8. The van der Waals surface area contributed by atoms with Gasteiger partial charge < -0.3 is 20.1 Å². The number of esters is 1. The van der Waals surface area contributed by atoms with Crippen LogP contribution in [0.4, 0.5) is 4.79 Å². The van der Waals surface area contributed by atoms with E-state index in [2.05, 4.69) is 10.6 Å². The lowest BCUT2D eigenvalue weighted by Gasteiger charge is -2.26. The molecule has 1 rings (SSSR count). The molecule has 0 radical (unpaired) electrons. The van der Waals surface area contributed by atoms with Gasteiger partial charge in [0.25, 0.3) is 0 Å². The first kappa shape index (κ1) is 23.5. The third-order valence-electron chi connectivity index (χ3n) is 4.49. The van der Waals surface area contributed by atoms with E-state index in [1.54, 1.807) is 0 Å². The summed E-state index contributed by atoms with van der Waals surface area (Å²) < 4.78 is 10.0. The maximum Gasteiger partial charge on any atom is 0.408 e. The summed E-state index contributed by atoms with van der Waals surface area (Å²) in [5.74, 6) is -0.879. The second-order valence-corrected chi connectivity index (χ2v) is 7.28. The third-order valence-corrected chi connectivity index (χ3v) is 4.49. The van der Waals surface area contributed by atoms with Gasteiger partial charge in [-0.2, -0.15) is 0 Å². The van der Waals surface area contributed by atoms with Crippen molar-refractivity contribution < 1.29 is 23.9 Å². The molecule has 0 aliphatic carbocycles. The Kier molecular flexibility index (Phi) is 10.1. The fourth-order valence-corrected chi connectivity index (χ4v) is 2.68. The van der Waals surface area contributed by atoms with E-state index in [4.69, 9.17) is 9.47 Å². The fourth-order valence-electron chi connectivity index (χ4n) is 2.68. The summed E-state index contributed by atoms with van der Waals surface area (Å²) in [5, 5.41) is 5.34. The van der Waals surface area contributed by atoms with E-state index in [1.807, 2.05) is 58.0 Å². The van der Waals surface area contributed by atoms with Crippen molar-refractivity contribution in [1.82, 2.24) is 10.6 Å².